The molecule has 4 heteroatoms. The van der Waals surface area contributed by atoms with Crippen LogP contribution in [0.5, 0.6) is 0 Å². The lowest BCUT2D eigenvalue weighted by Crippen LogP contribution is -2.41. The average Bonchev–Trinajstić information content (AvgIpc) is 2.35. The summed E-state index contributed by atoms with van der Waals surface area (Å²) in [6.45, 7) is 4.65. The molecule has 0 heterocycles. The number of hydrogen-bond donors (Lipinski definition) is 3. The molecule has 1 aliphatic carbocycles. The van der Waals surface area contributed by atoms with Crippen LogP contribution in [0.15, 0.2) is 24.3 Å². The monoisotopic (exact) mass is 262 g/mol. The first-order valence-corrected chi connectivity index (χ1v) is 6.81. The third kappa shape index (κ3) is 3.70. The summed E-state index contributed by atoms with van der Waals surface area (Å²) >= 11 is 0. The molecule has 104 valence electrons. The van der Waals surface area contributed by atoms with E-state index in [0.29, 0.717) is 0 Å². The standard InChI is InChI=1S/C15H22N2O2/c1-11(18)12-4-6-13(7-5-12)17-14(19)16-10-15(2)8-3-9-15/h4-7,11,18H,3,8-10H2,1-2H3,(H2,16,17,19). The summed E-state index contributed by atoms with van der Waals surface area (Å²) in [5.74, 6) is 0. The normalized spacial score (nSPS) is 18.3. The zero-order valence-electron chi connectivity index (χ0n) is 11.6. The van der Waals surface area contributed by atoms with Crippen LogP contribution >= 0.6 is 0 Å². The zero-order chi connectivity index (χ0) is 13.9. The number of hydrogen-bond acceptors (Lipinski definition) is 2. The predicted octanol–water partition coefficient (Wildman–Crippen LogP) is 3.05. The summed E-state index contributed by atoms with van der Waals surface area (Å²) in [5, 5.41) is 15.1. The molecular weight excluding hydrogens is 240 g/mol. The molecule has 1 aliphatic rings. The first-order valence-electron chi connectivity index (χ1n) is 6.81. The van der Waals surface area contributed by atoms with Gasteiger partial charge in [0.15, 0.2) is 0 Å². The molecule has 2 amide bonds. The van der Waals surface area contributed by atoms with Crippen molar-refractivity contribution in [2.45, 2.75) is 39.2 Å². The minimum atomic E-state index is -0.485. The van der Waals surface area contributed by atoms with Crippen molar-refractivity contribution in [1.82, 2.24) is 5.32 Å². The molecule has 1 unspecified atom stereocenters. The van der Waals surface area contributed by atoms with Crippen LogP contribution < -0.4 is 10.6 Å². The molecular formula is C15H22N2O2. The van der Waals surface area contributed by atoms with Crippen LogP contribution in [0, 0.1) is 5.41 Å². The molecule has 0 spiro atoms. The molecule has 0 saturated heterocycles. The smallest absolute Gasteiger partial charge is 0.319 e. The maximum Gasteiger partial charge on any atom is 0.319 e. The average molecular weight is 262 g/mol. The molecule has 19 heavy (non-hydrogen) atoms. The van der Waals surface area contributed by atoms with E-state index in [1.165, 1.54) is 19.3 Å². The Bertz CT molecular complexity index is 436. The lowest BCUT2D eigenvalue weighted by atomic mass is 9.70. The Balaban J connectivity index is 1.81. The van der Waals surface area contributed by atoms with Crippen molar-refractivity contribution in [2.75, 3.05) is 11.9 Å². The fraction of sp³-hybridized carbons (Fsp3) is 0.533. The number of carbonyl (C=O) groups excluding carboxylic acids is 1. The number of nitrogens with one attached hydrogen (secondary N) is 2. The van der Waals surface area contributed by atoms with Crippen LogP contribution in [0.4, 0.5) is 10.5 Å². The van der Waals surface area contributed by atoms with Crippen LogP contribution in [0.2, 0.25) is 0 Å². The highest BCUT2D eigenvalue weighted by atomic mass is 16.3. The number of amides is 2. The van der Waals surface area contributed by atoms with Gasteiger partial charge in [-0.1, -0.05) is 25.5 Å². The lowest BCUT2D eigenvalue weighted by molar-refractivity contribution is 0.159. The molecule has 0 radical (unpaired) electrons. The molecule has 1 atom stereocenters. The van der Waals surface area contributed by atoms with Gasteiger partial charge in [0.1, 0.15) is 0 Å². The number of aliphatic hydroxyl groups excluding tert-OH is 1. The molecule has 4 nitrogen and oxygen atoms in total. The molecule has 1 aromatic carbocycles. The van der Waals surface area contributed by atoms with E-state index in [2.05, 4.69) is 17.6 Å². The van der Waals surface area contributed by atoms with Gasteiger partial charge in [-0.2, -0.15) is 0 Å². The Morgan fingerprint density at radius 1 is 1.37 bits per heavy atom. The van der Waals surface area contributed by atoms with E-state index < -0.39 is 6.10 Å². The minimum absolute atomic E-state index is 0.169. The van der Waals surface area contributed by atoms with Gasteiger partial charge >= 0.3 is 6.03 Å². The molecule has 0 aromatic heterocycles. The van der Waals surface area contributed by atoms with Gasteiger partial charge in [-0.3, -0.25) is 0 Å². The second-order valence-electron chi connectivity index (χ2n) is 5.77. The highest BCUT2D eigenvalue weighted by molar-refractivity contribution is 5.89. The second kappa shape index (κ2) is 5.61. The van der Waals surface area contributed by atoms with Crippen LogP contribution in [-0.2, 0) is 0 Å². The second-order valence-corrected chi connectivity index (χ2v) is 5.77. The molecule has 2 rings (SSSR count). The molecule has 1 fully saturated rings. The number of benzene rings is 1. The molecule has 1 saturated carbocycles. The Hall–Kier alpha value is -1.55. The van der Waals surface area contributed by atoms with E-state index in [4.69, 9.17) is 0 Å². The maximum absolute atomic E-state index is 11.7. The molecule has 0 bridgehead atoms. The van der Waals surface area contributed by atoms with Crippen molar-refractivity contribution in [1.29, 1.82) is 0 Å². The predicted molar refractivity (Wildman–Crippen MR) is 76.1 cm³/mol. The first-order chi connectivity index (χ1) is 8.98. The summed E-state index contributed by atoms with van der Waals surface area (Å²) in [7, 11) is 0. The Morgan fingerprint density at radius 2 is 2.00 bits per heavy atom. The van der Waals surface area contributed by atoms with E-state index in [-0.39, 0.29) is 11.4 Å². The summed E-state index contributed by atoms with van der Waals surface area (Å²) in [4.78, 5) is 11.7. The molecule has 0 aliphatic heterocycles. The van der Waals surface area contributed by atoms with Gasteiger partial charge in [0.25, 0.3) is 0 Å². The third-order valence-corrected chi connectivity index (χ3v) is 3.89. The zero-order valence-corrected chi connectivity index (χ0v) is 11.6. The van der Waals surface area contributed by atoms with Gasteiger partial charge in [0, 0.05) is 12.2 Å². The number of rotatable bonds is 4. The van der Waals surface area contributed by atoms with Crippen LogP contribution in [-0.4, -0.2) is 17.7 Å². The van der Waals surface area contributed by atoms with Crippen molar-refractivity contribution >= 4 is 11.7 Å². The van der Waals surface area contributed by atoms with E-state index in [1.807, 2.05) is 12.1 Å². The fourth-order valence-corrected chi connectivity index (χ4v) is 2.27. The van der Waals surface area contributed by atoms with Crippen molar-refractivity contribution < 1.29 is 9.90 Å². The molecule has 3 N–H and O–H groups in total. The Labute approximate surface area is 114 Å². The van der Waals surface area contributed by atoms with E-state index in [1.54, 1.807) is 19.1 Å². The highest BCUT2D eigenvalue weighted by Gasteiger charge is 2.31. The summed E-state index contributed by atoms with van der Waals surface area (Å²) in [6.07, 6.45) is 3.16. The number of carbonyl (C=O) groups is 1. The summed E-state index contributed by atoms with van der Waals surface area (Å²) in [5.41, 5.74) is 1.86. The molecule has 1 aromatic rings. The van der Waals surface area contributed by atoms with Crippen molar-refractivity contribution in [3.8, 4) is 0 Å². The van der Waals surface area contributed by atoms with Crippen LogP contribution in [0.1, 0.15) is 44.8 Å². The van der Waals surface area contributed by atoms with Crippen LogP contribution in [0.25, 0.3) is 0 Å². The van der Waals surface area contributed by atoms with Gasteiger partial charge in [0.2, 0.25) is 0 Å². The number of anilines is 1. The summed E-state index contributed by atoms with van der Waals surface area (Å²) < 4.78 is 0. The third-order valence-electron chi connectivity index (χ3n) is 3.89. The maximum atomic E-state index is 11.7. The minimum Gasteiger partial charge on any atom is -0.389 e. The first kappa shape index (κ1) is 13.9. The number of aliphatic hydroxyl groups is 1. The van der Waals surface area contributed by atoms with Crippen molar-refractivity contribution in [3.63, 3.8) is 0 Å². The number of urea groups is 1. The van der Waals surface area contributed by atoms with Crippen molar-refractivity contribution in [3.05, 3.63) is 29.8 Å². The largest absolute Gasteiger partial charge is 0.389 e. The topological polar surface area (TPSA) is 61.4 Å². The van der Waals surface area contributed by atoms with Gasteiger partial charge in [-0.15, -0.1) is 0 Å². The van der Waals surface area contributed by atoms with Crippen molar-refractivity contribution in [2.24, 2.45) is 5.41 Å². The highest BCUT2D eigenvalue weighted by Crippen LogP contribution is 2.39. The van der Waals surface area contributed by atoms with E-state index in [9.17, 15) is 9.90 Å². The van der Waals surface area contributed by atoms with Gasteiger partial charge in [0.05, 0.1) is 6.10 Å². The lowest BCUT2D eigenvalue weighted by Gasteiger charge is -2.38. The van der Waals surface area contributed by atoms with Gasteiger partial charge in [-0.25, -0.2) is 4.79 Å². The Morgan fingerprint density at radius 3 is 2.47 bits per heavy atom. The fourth-order valence-electron chi connectivity index (χ4n) is 2.27. The van der Waals surface area contributed by atoms with Gasteiger partial charge in [-0.05, 0) is 42.9 Å². The van der Waals surface area contributed by atoms with Gasteiger partial charge < -0.3 is 15.7 Å². The summed E-state index contributed by atoms with van der Waals surface area (Å²) in [6, 6.07) is 7.05. The SMILES string of the molecule is CC(O)c1ccc(NC(=O)NCC2(C)CCC2)cc1. The van der Waals surface area contributed by atoms with E-state index in [0.717, 1.165) is 17.8 Å². The quantitative estimate of drug-likeness (QED) is 0.781. The van der Waals surface area contributed by atoms with Crippen LogP contribution in [0.3, 0.4) is 0 Å². The van der Waals surface area contributed by atoms with E-state index >= 15 is 0 Å². The Kier molecular flexibility index (Phi) is 4.10.